The molecule has 2 N–H and O–H groups in total. The molecule has 1 amide bonds. The number of nitrogens with one attached hydrogen (secondary N) is 2. The zero-order valence-corrected chi connectivity index (χ0v) is 22.9. The van der Waals surface area contributed by atoms with Crippen LogP contribution in [0.25, 0.3) is 11.4 Å². The van der Waals surface area contributed by atoms with Gasteiger partial charge in [-0.3, -0.25) is 9.78 Å². The van der Waals surface area contributed by atoms with E-state index in [1.54, 1.807) is 49.5 Å². The maximum atomic E-state index is 13.7. The van der Waals surface area contributed by atoms with Crippen molar-refractivity contribution >= 4 is 17.5 Å². The fourth-order valence-corrected chi connectivity index (χ4v) is 4.65. The predicted molar refractivity (Wildman–Crippen MR) is 151 cm³/mol. The highest BCUT2D eigenvalue weighted by Crippen LogP contribution is 2.41. The molecule has 3 heterocycles. The number of nitrogens with zero attached hydrogens (tertiary/aromatic N) is 4. The van der Waals surface area contributed by atoms with Crippen LogP contribution >= 0.6 is 0 Å². The van der Waals surface area contributed by atoms with E-state index in [4.69, 9.17) is 19.6 Å². The highest BCUT2D eigenvalue weighted by molar-refractivity contribution is 6.06. The number of rotatable bonds is 6. The zero-order chi connectivity index (χ0) is 27.7. The van der Waals surface area contributed by atoms with Gasteiger partial charge in [-0.15, -0.1) is 5.10 Å². The number of pyridine rings is 1. The number of carbonyl (C=O) groups is 1. The molecule has 2 aromatic heterocycles. The highest BCUT2D eigenvalue weighted by atomic mass is 16.5. The molecule has 200 valence electrons. The molecule has 1 aliphatic heterocycles. The van der Waals surface area contributed by atoms with Gasteiger partial charge in [-0.25, -0.2) is 4.68 Å². The summed E-state index contributed by atoms with van der Waals surface area (Å²) in [7, 11) is 3.19. The van der Waals surface area contributed by atoms with E-state index in [1.807, 2.05) is 31.2 Å². The zero-order valence-electron chi connectivity index (χ0n) is 22.9. The van der Waals surface area contributed by atoms with Crippen molar-refractivity contribution in [3.63, 3.8) is 0 Å². The van der Waals surface area contributed by atoms with E-state index in [-0.39, 0.29) is 11.3 Å². The number of allylic oxidation sites excluding steroid dienone is 1. The number of hydrogen-bond acceptors (Lipinski definition) is 7. The third kappa shape index (κ3) is 5.07. The van der Waals surface area contributed by atoms with E-state index in [2.05, 4.69) is 48.5 Å². The Morgan fingerprint density at radius 1 is 1.05 bits per heavy atom. The van der Waals surface area contributed by atoms with Gasteiger partial charge in [0, 0.05) is 29.1 Å². The van der Waals surface area contributed by atoms with E-state index in [9.17, 15) is 4.79 Å². The average Bonchev–Trinajstić information content (AvgIpc) is 3.35. The quantitative estimate of drug-likeness (QED) is 0.339. The Labute approximate surface area is 227 Å². The van der Waals surface area contributed by atoms with Crippen LogP contribution in [-0.2, 0) is 10.2 Å². The van der Waals surface area contributed by atoms with Crippen LogP contribution in [0.1, 0.15) is 44.9 Å². The molecule has 9 heteroatoms. The first kappa shape index (κ1) is 26.0. The number of anilines is 2. The summed E-state index contributed by atoms with van der Waals surface area (Å²) >= 11 is 0. The number of fused-ring (bicyclic) bond motifs is 1. The Bertz CT molecular complexity index is 1540. The Kier molecular flexibility index (Phi) is 6.82. The van der Waals surface area contributed by atoms with Gasteiger partial charge in [0.05, 0.1) is 31.7 Å². The molecule has 39 heavy (non-hydrogen) atoms. The van der Waals surface area contributed by atoms with Crippen molar-refractivity contribution in [2.24, 2.45) is 0 Å². The first-order chi connectivity index (χ1) is 18.7. The van der Waals surface area contributed by atoms with Crippen LogP contribution in [-0.4, -0.2) is 39.9 Å². The monoisotopic (exact) mass is 524 g/mol. The lowest BCUT2D eigenvalue weighted by molar-refractivity contribution is -0.113. The van der Waals surface area contributed by atoms with E-state index < -0.39 is 6.04 Å². The molecule has 1 unspecified atom stereocenters. The van der Waals surface area contributed by atoms with E-state index in [1.165, 1.54) is 5.56 Å². The lowest BCUT2D eigenvalue weighted by Gasteiger charge is -2.29. The van der Waals surface area contributed by atoms with Crippen molar-refractivity contribution in [2.45, 2.75) is 39.2 Å². The van der Waals surface area contributed by atoms with Crippen LogP contribution < -0.4 is 20.1 Å². The summed E-state index contributed by atoms with van der Waals surface area (Å²) in [4.78, 5) is 22.7. The third-order valence-electron chi connectivity index (χ3n) is 6.76. The van der Waals surface area contributed by atoms with Gasteiger partial charge in [0.2, 0.25) is 5.95 Å². The second-order valence-electron chi connectivity index (χ2n) is 10.4. The molecule has 1 atom stereocenters. The predicted octanol–water partition coefficient (Wildman–Crippen LogP) is 5.58. The first-order valence-corrected chi connectivity index (χ1v) is 12.7. The molecule has 1 aliphatic rings. The van der Waals surface area contributed by atoms with Gasteiger partial charge in [-0.05, 0) is 42.2 Å². The number of ether oxygens (including phenoxy) is 2. The lowest BCUT2D eigenvalue weighted by Crippen LogP contribution is -2.31. The molecule has 0 fully saturated rings. The second kappa shape index (κ2) is 10.2. The molecular formula is C30H32N6O3. The van der Waals surface area contributed by atoms with Gasteiger partial charge < -0.3 is 20.1 Å². The average molecular weight is 525 g/mol. The SMILES string of the molecule is COc1ccc(C2C(C(=O)Nc3cccnc3)=C(C)Nc3nc(-c4ccc(C(C)(C)C)cc4)nn32)c(OC)c1. The summed E-state index contributed by atoms with van der Waals surface area (Å²) in [6.45, 7) is 8.40. The summed E-state index contributed by atoms with van der Waals surface area (Å²) < 4.78 is 12.9. The normalized spacial score (nSPS) is 14.9. The molecule has 5 rings (SSSR count). The van der Waals surface area contributed by atoms with Gasteiger partial charge in [0.1, 0.15) is 17.5 Å². The van der Waals surface area contributed by atoms with Crippen molar-refractivity contribution in [3.05, 3.63) is 89.4 Å². The summed E-state index contributed by atoms with van der Waals surface area (Å²) in [5, 5.41) is 11.1. The molecule has 0 saturated carbocycles. The number of benzene rings is 2. The maximum Gasteiger partial charge on any atom is 0.255 e. The summed E-state index contributed by atoms with van der Waals surface area (Å²) in [5.74, 6) is 2.01. The minimum Gasteiger partial charge on any atom is -0.497 e. The van der Waals surface area contributed by atoms with Crippen molar-refractivity contribution in [2.75, 3.05) is 24.9 Å². The maximum absolute atomic E-state index is 13.7. The number of amides is 1. The summed E-state index contributed by atoms with van der Waals surface area (Å²) in [6.07, 6.45) is 3.26. The van der Waals surface area contributed by atoms with E-state index in [0.29, 0.717) is 40.2 Å². The summed E-state index contributed by atoms with van der Waals surface area (Å²) in [6, 6.07) is 16.7. The first-order valence-electron chi connectivity index (χ1n) is 12.7. The van der Waals surface area contributed by atoms with Crippen molar-refractivity contribution in [1.82, 2.24) is 19.7 Å². The Morgan fingerprint density at radius 3 is 2.46 bits per heavy atom. The number of methoxy groups -OCH3 is 2. The van der Waals surface area contributed by atoms with E-state index in [0.717, 1.165) is 11.1 Å². The molecule has 4 aromatic rings. The van der Waals surface area contributed by atoms with Gasteiger partial charge in [0.25, 0.3) is 5.91 Å². The van der Waals surface area contributed by atoms with Crippen LogP contribution in [0, 0.1) is 0 Å². The smallest absolute Gasteiger partial charge is 0.255 e. The van der Waals surface area contributed by atoms with Gasteiger partial charge in [-0.1, -0.05) is 45.0 Å². The van der Waals surface area contributed by atoms with Gasteiger partial charge in [-0.2, -0.15) is 4.98 Å². The Balaban J connectivity index is 1.62. The molecule has 0 radical (unpaired) electrons. The van der Waals surface area contributed by atoms with E-state index >= 15 is 0 Å². The van der Waals surface area contributed by atoms with Crippen LogP contribution in [0.2, 0.25) is 0 Å². The van der Waals surface area contributed by atoms with Crippen LogP contribution in [0.15, 0.2) is 78.3 Å². The standard InChI is InChI=1S/C30H32N6O3/c1-18-25(28(37)33-21-8-7-15-31-17-21)26(23-14-13-22(38-5)16-24(23)39-6)36-29(32-18)34-27(35-36)19-9-11-20(12-10-19)30(2,3)4/h7-17,26H,1-6H3,(H,33,37)(H,32,34,35). The molecular weight excluding hydrogens is 492 g/mol. The van der Waals surface area contributed by atoms with Gasteiger partial charge >= 0.3 is 0 Å². The lowest BCUT2D eigenvalue weighted by atomic mass is 9.87. The topological polar surface area (TPSA) is 103 Å². The number of hydrogen-bond donors (Lipinski definition) is 2. The molecule has 0 bridgehead atoms. The molecule has 9 nitrogen and oxygen atoms in total. The number of carbonyl (C=O) groups excluding carboxylic acids is 1. The minimum atomic E-state index is -0.617. The van der Waals surface area contributed by atoms with Crippen molar-refractivity contribution in [1.29, 1.82) is 0 Å². The fourth-order valence-electron chi connectivity index (χ4n) is 4.65. The van der Waals surface area contributed by atoms with Crippen LogP contribution in [0.5, 0.6) is 11.5 Å². The summed E-state index contributed by atoms with van der Waals surface area (Å²) in [5.41, 5.74) is 4.62. The highest BCUT2D eigenvalue weighted by Gasteiger charge is 2.36. The van der Waals surface area contributed by atoms with Gasteiger partial charge in [0.15, 0.2) is 5.82 Å². The third-order valence-corrected chi connectivity index (χ3v) is 6.76. The van der Waals surface area contributed by atoms with Crippen LogP contribution in [0.3, 0.4) is 0 Å². The fraction of sp³-hybridized carbons (Fsp3) is 0.267. The Hall–Kier alpha value is -4.66. The molecule has 0 saturated heterocycles. The minimum absolute atomic E-state index is 0.0362. The Morgan fingerprint density at radius 2 is 1.82 bits per heavy atom. The largest absolute Gasteiger partial charge is 0.497 e. The van der Waals surface area contributed by atoms with Crippen molar-refractivity contribution in [3.8, 4) is 22.9 Å². The molecule has 0 spiro atoms. The second-order valence-corrected chi connectivity index (χ2v) is 10.4. The van der Waals surface area contributed by atoms with Crippen molar-refractivity contribution < 1.29 is 14.3 Å². The molecule has 2 aromatic carbocycles. The van der Waals surface area contributed by atoms with Crippen LogP contribution in [0.4, 0.5) is 11.6 Å². The number of aromatic nitrogens is 4. The molecule has 0 aliphatic carbocycles.